The largest absolute Gasteiger partial charge is 0.444 e. The van der Waals surface area contributed by atoms with Crippen molar-refractivity contribution in [2.45, 2.75) is 83.3 Å². The van der Waals surface area contributed by atoms with E-state index in [9.17, 15) is 4.79 Å². The number of aromatic amines is 1. The SMILES string of the molecule is CC(C)(C)OC(=O)N1C[C@H](CO[Si](C)(C)C(C)(C)C)C[C@H](N=c2ncn(C(c3ccccc3)(c3ccccc3)c3ccccc3)c3[nH]ccc23)C1. The number of fused-ring (bicyclic) bond motifs is 1. The topological polar surface area (TPSA) is 84.7 Å². The number of carbonyl (C=O) groups is 1. The Morgan fingerprint density at radius 1 is 0.843 bits per heavy atom. The second kappa shape index (κ2) is 14.3. The number of aromatic nitrogens is 3. The molecule has 1 amide bonds. The van der Waals surface area contributed by atoms with Gasteiger partial charge in [0.25, 0.3) is 0 Å². The average Bonchev–Trinajstić information content (AvgIpc) is 3.60. The van der Waals surface area contributed by atoms with Gasteiger partial charge in [0.2, 0.25) is 0 Å². The molecule has 1 fully saturated rings. The lowest BCUT2D eigenvalue weighted by atomic mass is 9.76. The average molecular weight is 704 g/mol. The molecule has 0 aliphatic carbocycles. The third-order valence-corrected chi connectivity index (χ3v) is 14.9. The number of hydrogen-bond donors (Lipinski definition) is 1. The number of benzene rings is 3. The van der Waals surface area contributed by atoms with Crippen LogP contribution in [0.1, 0.15) is 64.7 Å². The van der Waals surface area contributed by atoms with E-state index in [1.165, 1.54) is 0 Å². The normalized spacial score (nSPS) is 17.9. The minimum atomic E-state index is -1.99. The number of ether oxygens (including phenoxy) is 1. The van der Waals surface area contributed by atoms with Crippen LogP contribution in [0, 0.1) is 5.92 Å². The third-order valence-electron chi connectivity index (χ3n) is 10.4. The van der Waals surface area contributed by atoms with Crippen LogP contribution in [0.25, 0.3) is 11.0 Å². The van der Waals surface area contributed by atoms with Gasteiger partial charge in [-0.2, -0.15) is 0 Å². The molecule has 3 aromatic carbocycles. The number of nitrogens with zero attached hydrogens (tertiary/aromatic N) is 4. The maximum absolute atomic E-state index is 13.5. The number of carbonyl (C=O) groups excluding carboxylic acids is 1. The van der Waals surface area contributed by atoms with Crippen molar-refractivity contribution in [1.29, 1.82) is 0 Å². The van der Waals surface area contributed by atoms with Gasteiger partial charge >= 0.3 is 6.09 Å². The van der Waals surface area contributed by atoms with Crippen LogP contribution >= 0.6 is 0 Å². The number of rotatable bonds is 8. The number of amides is 1. The summed E-state index contributed by atoms with van der Waals surface area (Å²) >= 11 is 0. The van der Waals surface area contributed by atoms with Crippen LogP contribution in [-0.2, 0) is 14.7 Å². The van der Waals surface area contributed by atoms with E-state index in [1.54, 1.807) is 0 Å². The fourth-order valence-corrected chi connectivity index (χ4v) is 7.96. The van der Waals surface area contributed by atoms with Crippen molar-refractivity contribution >= 4 is 25.4 Å². The smallest absolute Gasteiger partial charge is 0.410 e. The predicted octanol–water partition coefficient (Wildman–Crippen LogP) is 8.75. The van der Waals surface area contributed by atoms with Gasteiger partial charge in [0.15, 0.2) is 13.8 Å². The molecule has 1 aliphatic heterocycles. The van der Waals surface area contributed by atoms with Crippen molar-refractivity contribution in [2.75, 3.05) is 19.7 Å². The van der Waals surface area contributed by atoms with Crippen LogP contribution in [0.2, 0.25) is 18.1 Å². The number of piperidine rings is 1. The van der Waals surface area contributed by atoms with Crippen molar-refractivity contribution < 1.29 is 14.0 Å². The van der Waals surface area contributed by atoms with Crippen LogP contribution in [0.5, 0.6) is 0 Å². The zero-order chi connectivity index (χ0) is 36.4. The molecule has 0 radical (unpaired) electrons. The molecule has 2 aromatic heterocycles. The van der Waals surface area contributed by atoms with E-state index in [0.29, 0.717) is 25.2 Å². The van der Waals surface area contributed by atoms with Crippen molar-refractivity contribution in [1.82, 2.24) is 19.4 Å². The molecule has 0 bridgehead atoms. The van der Waals surface area contributed by atoms with Crippen molar-refractivity contribution in [2.24, 2.45) is 10.9 Å². The van der Waals surface area contributed by atoms with Gasteiger partial charge in [-0.1, -0.05) is 112 Å². The van der Waals surface area contributed by atoms with Gasteiger partial charge in [-0.05, 0) is 68.1 Å². The van der Waals surface area contributed by atoms with Gasteiger partial charge in [-0.3, -0.25) is 9.56 Å². The Kier molecular flexibility index (Phi) is 10.2. The molecule has 1 N–H and O–H groups in total. The van der Waals surface area contributed by atoms with Gasteiger partial charge in [0, 0.05) is 31.8 Å². The van der Waals surface area contributed by atoms with Crippen molar-refractivity contribution in [3.05, 3.63) is 132 Å². The maximum atomic E-state index is 13.5. The highest BCUT2D eigenvalue weighted by Crippen LogP contribution is 2.42. The predicted molar refractivity (Wildman–Crippen MR) is 207 cm³/mol. The molecule has 51 heavy (non-hydrogen) atoms. The van der Waals surface area contributed by atoms with E-state index in [0.717, 1.165) is 34.1 Å². The lowest BCUT2D eigenvalue weighted by Crippen LogP contribution is -2.50. The first kappa shape index (κ1) is 36.3. The summed E-state index contributed by atoms with van der Waals surface area (Å²) in [4.78, 5) is 29.2. The fourth-order valence-electron chi connectivity index (χ4n) is 6.87. The van der Waals surface area contributed by atoms with E-state index in [-0.39, 0.29) is 23.1 Å². The summed E-state index contributed by atoms with van der Waals surface area (Å²) in [6.45, 7) is 18.6. The summed E-state index contributed by atoms with van der Waals surface area (Å²) < 4.78 is 14.8. The van der Waals surface area contributed by atoms with Crippen molar-refractivity contribution in [3.63, 3.8) is 0 Å². The van der Waals surface area contributed by atoms with Crippen LogP contribution in [0.3, 0.4) is 0 Å². The first-order valence-corrected chi connectivity index (χ1v) is 21.0. The first-order chi connectivity index (χ1) is 24.2. The molecule has 9 heteroatoms. The van der Waals surface area contributed by atoms with E-state index in [1.807, 2.05) is 38.2 Å². The summed E-state index contributed by atoms with van der Waals surface area (Å²) in [7, 11) is -1.99. The number of likely N-dealkylation sites (tertiary alicyclic amines) is 1. The van der Waals surface area contributed by atoms with Crippen LogP contribution in [0.15, 0.2) is 115 Å². The molecule has 2 atom stereocenters. The Morgan fingerprint density at radius 2 is 1.39 bits per heavy atom. The summed E-state index contributed by atoms with van der Waals surface area (Å²) in [6.07, 6.45) is 4.34. The summed E-state index contributed by atoms with van der Waals surface area (Å²) in [5, 5.41) is 1.00. The minimum Gasteiger partial charge on any atom is -0.444 e. The molecule has 0 spiro atoms. The molecule has 3 heterocycles. The Bertz CT molecular complexity index is 1900. The molecular weight excluding hydrogens is 651 g/mol. The third kappa shape index (κ3) is 7.60. The Morgan fingerprint density at radius 3 is 1.90 bits per heavy atom. The number of nitrogens with one attached hydrogen (secondary N) is 1. The molecule has 268 valence electrons. The first-order valence-electron chi connectivity index (χ1n) is 18.1. The highest BCUT2D eigenvalue weighted by atomic mass is 28.4. The Hall–Kier alpha value is -4.47. The molecule has 5 aromatic rings. The lowest BCUT2D eigenvalue weighted by molar-refractivity contribution is 0.0110. The van der Waals surface area contributed by atoms with Gasteiger partial charge in [0.05, 0.1) is 17.8 Å². The van der Waals surface area contributed by atoms with Crippen LogP contribution < -0.4 is 5.49 Å². The molecule has 6 rings (SSSR count). The zero-order valence-corrected chi connectivity index (χ0v) is 32.4. The fraction of sp³-hybridized carbons (Fsp3) is 0.405. The highest BCUT2D eigenvalue weighted by Gasteiger charge is 2.41. The Balaban J connectivity index is 1.46. The number of hydrogen-bond acceptors (Lipinski definition) is 5. The van der Waals surface area contributed by atoms with E-state index < -0.39 is 19.5 Å². The summed E-state index contributed by atoms with van der Waals surface area (Å²) in [6, 6.07) is 33.6. The van der Waals surface area contributed by atoms with Gasteiger partial charge in [0.1, 0.15) is 16.8 Å². The van der Waals surface area contributed by atoms with Crippen molar-refractivity contribution in [3.8, 4) is 0 Å². The molecule has 0 saturated carbocycles. The minimum absolute atomic E-state index is 0.0913. The highest BCUT2D eigenvalue weighted by molar-refractivity contribution is 6.74. The van der Waals surface area contributed by atoms with Gasteiger partial charge < -0.3 is 19.0 Å². The van der Waals surface area contributed by atoms with E-state index in [4.69, 9.17) is 19.1 Å². The maximum Gasteiger partial charge on any atom is 0.410 e. The molecule has 1 saturated heterocycles. The number of H-pyrrole nitrogens is 1. The quantitative estimate of drug-likeness (QED) is 0.129. The lowest BCUT2D eigenvalue weighted by Gasteiger charge is -2.40. The monoisotopic (exact) mass is 703 g/mol. The van der Waals surface area contributed by atoms with Crippen LogP contribution in [0.4, 0.5) is 4.79 Å². The molecule has 8 nitrogen and oxygen atoms in total. The van der Waals surface area contributed by atoms with Gasteiger partial charge in [-0.25, -0.2) is 9.78 Å². The molecular formula is C42H53N5O3Si. The summed E-state index contributed by atoms with van der Waals surface area (Å²) in [5.41, 5.74) is 3.55. The molecule has 1 aliphatic rings. The standard InChI is InChI=1S/C42H53N5O3Si/c1-40(2,3)50-39(48)46-27-31(29-49-51(7,8)41(4,5)6)26-35(28-46)45-37-36-24-25-43-38(36)47(30-44-37)42(32-18-12-9-13-19-32,33-20-14-10-15-21-33)34-22-16-11-17-23-34/h9-25,30-31,35,43H,26-29H2,1-8H3/t31-,35+/m1/s1. The van der Waals surface area contributed by atoms with E-state index >= 15 is 0 Å². The van der Waals surface area contributed by atoms with Gasteiger partial charge in [-0.15, -0.1) is 0 Å². The second-order valence-corrected chi connectivity index (χ2v) is 21.1. The molecule has 0 unspecified atom stereocenters. The summed E-state index contributed by atoms with van der Waals surface area (Å²) in [5.74, 6) is 0.117. The Labute approximate surface area is 303 Å². The van der Waals surface area contributed by atoms with E-state index in [2.05, 4.69) is 140 Å². The second-order valence-electron chi connectivity index (χ2n) is 16.3. The zero-order valence-electron chi connectivity index (χ0n) is 31.4. The van der Waals surface area contributed by atoms with Crippen LogP contribution in [-0.4, -0.2) is 65.2 Å².